The number of amides is 1. The second-order valence-electron chi connectivity index (χ2n) is 5.22. The van der Waals surface area contributed by atoms with E-state index in [1.54, 1.807) is 18.7 Å². The molecule has 0 aliphatic carbocycles. The van der Waals surface area contributed by atoms with Crippen LogP contribution in [0.15, 0.2) is 0 Å². The van der Waals surface area contributed by atoms with Crippen LogP contribution in [0.1, 0.15) is 48.7 Å². The van der Waals surface area contributed by atoms with Gasteiger partial charge in [0.15, 0.2) is 0 Å². The van der Waals surface area contributed by atoms with Crippen LogP contribution in [0.5, 0.6) is 0 Å². The summed E-state index contributed by atoms with van der Waals surface area (Å²) >= 11 is 0. The average Bonchev–Trinajstić information content (AvgIpc) is 2.67. The van der Waals surface area contributed by atoms with E-state index >= 15 is 0 Å². The number of carbonyl (C=O) groups excluding carboxylic acids is 1. The van der Waals surface area contributed by atoms with Crippen LogP contribution in [-0.2, 0) is 11.8 Å². The van der Waals surface area contributed by atoms with Crippen molar-refractivity contribution in [1.82, 2.24) is 9.78 Å². The number of nitrogens with zero attached hydrogens (tertiary/aromatic N) is 2. The van der Waals surface area contributed by atoms with Gasteiger partial charge in [-0.2, -0.15) is 5.10 Å². The molecule has 7 nitrogen and oxygen atoms in total. The lowest BCUT2D eigenvalue weighted by molar-refractivity contribution is -0.137. The van der Waals surface area contributed by atoms with Gasteiger partial charge in [-0.15, -0.1) is 0 Å². The molecule has 7 heteroatoms. The summed E-state index contributed by atoms with van der Waals surface area (Å²) < 4.78 is 1.60. The highest BCUT2D eigenvalue weighted by Crippen LogP contribution is 2.20. The molecule has 0 radical (unpaired) electrons. The summed E-state index contributed by atoms with van der Waals surface area (Å²) in [7, 11) is 1.75. The molecular weight excluding hydrogens is 272 g/mol. The molecule has 0 saturated carbocycles. The van der Waals surface area contributed by atoms with Gasteiger partial charge >= 0.3 is 5.97 Å². The zero-order valence-electron chi connectivity index (χ0n) is 12.8. The smallest absolute Gasteiger partial charge is 0.303 e. The number of hydrogen-bond donors (Lipinski definition) is 3. The fourth-order valence-electron chi connectivity index (χ4n) is 2.43. The lowest BCUT2D eigenvalue weighted by Gasteiger charge is -2.15. The number of hydrogen-bond acceptors (Lipinski definition) is 4. The van der Waals surface area contributed by atoms with Crippen LogP contribution in [0.2, 0.25) is 0 Å². The summed E-state index contributed by atoms with van der Waals surface area (Å²) in [5.74, 6) is -0.297. The molecular formula is C14H24N4O3. The van der Waals surface area contributed by atoms with Crippen LogP contribution in [0, 0.1) is 12.8 Å². The van der Waals surface area contributed by atoms with Gasteiger partial charge in [0.2, 0.25) is 0 Å². The molecule has 4 N–H and O–H groups in total. The van der Waals surface area contributed by atoms with E-state index in [2.05, 4.69) is 17.3 Å². The summed E-state index contributed by atoms with van der Waals surface area (Å²) in [6.45, 7) is 4.44. The van der Waals surface area contributed by atoms with Crippen molar-refractivity contribution < 1.29 is 14.7 Å². The van der Waals surface area contributed by atoms with Crippen molar-refractivity contribution in [2.75, 3.05) is 11.9 Å². The van der Waals surface area contributed by atoms with Gasteiger partial charge in [-0.3, -0.25) is 14.3 Å². The van der Waals surface area contributed by atoms with Crippen molar-refractivity contribution in [3.05, 3.63) is 11.3 Å². The third-order valence-corrected chi connectivity index (χ3v) is 3.66. The number of rotatable bonds is 9. The fraction of sp³-hybridized carbons (Fsp3) is 0.643. The number of carboxylic acids is 1. The Kier molecular flexibility index (Phi) is 6.20. The number of aryl methyl sites for hydroxylation is 2. The van der Waals surface area contributed by atoms with Gasteiger partial charge in [-0.05, 0) is 25.7 Å². The molecule has 1 unspecified atom stereocenters. The van der Waals surface area contributed by atoms with Gasteiger partial charge in [0.25, 0.3) is 5.91 Å². The molecule has 1 amide bonds. The quantitative estimate of drug-likeness (QED) is 0.640. The van der Waals surface area contributed by atoms with E-state index in [1.165, 1.54) is 0 Å². The van der Waals surface area contributed by atoms with Gasteiger partial charge in [-0.25, -0.2) is 0 Å². The fourth-order valence-corrected chi connectivity index (χ4v) is 2.43. The zero-order valence-corrected chi connectivity index (χ0v) is 12.8. The summed E-state index contributed by atoms with van der Waals surface area (Å²) in [5, 5.41) is 16.1. The van der Waals surface area contributed by atoms with Crippen LogP contribution in [0.25, 0.3) is 0 Å². The average molecular weight is 296 g/mol. The van der Waals surface area contributed by atoms with Crippen molar-refractivity contribution in [2.45, 2.75) is 39.5 Å². The van der Waals surface area contributed by atoms with Crippen molar-refractivity contribution in [3.63, 3.8) is 0 Å². The molecule has 0 aliphatic rings. The van der Waals surface area contributed by atoms with Gasteiger partial charge in [0.1, 0.15) is 11.4 Å². The Morgan fingerprint density at radius 2 is 2.10 bits per heavy atom. The first-order chi connectivity index (χ1) is 9.86. The predicted octanol–water partition coefficient (Wildman–Crippen LogP) is 1.52. The van der Waals surface area contributed by atoms with Gasteiger partial charge in [0.05, 0.1) is 5.69 Å². The second-order valence-corrected chi connectivity index (χ2v) is 5.22. The van der Waals surface area contributed by atoms with Crippen LogP contribution in [0.3, 0.4) is 0 Å². The van der Waals surface area contributed by atoms with E-state index in [9.17, 15) is 9.59 Å². The monoisotopic (exact) mass is 296 g/mol. The molecule has 0 aromatic carbocycles. The first-order valence-electron chi connectivity index (χ1n) is 7.15. The second kappa shape index (κ2) is 7.66. The molecule has 0 bridgehead atoms. The van der Waals surface area contributed by atoms with Crippen LogP contribution < -0.4 is 11.1 Å². The Hall–Kier alpha value is -2.05. The topological polar surface area (TPSA) is 110 Å². The number of aromatic nitrogens is 2. The molecule has 1 rings (SSSR count). The maximum absolute atomic E-state index is 11.5. The highest BCUT2D eigenvalue weighted by Gasteiger charge is 2.18. The van der Waals surface area contributed by atoms with Crippen molar-refractivity contribution >= 4 is 17.7 Å². The highest BCUT2D eigenvalue weighted by molar-refractivity contribution is 5.98. The molecule has 0 saturated heterocycles. The van der Waals surface area contributed by atoms with Crippen molar-refractivity contribution in [2.24, 2.45) is 18.7 Å². The first-order valence-corrected chi connectivity index (χ1v) is 7.15. The number of primary amides is 1. The predicted molar refractivity (Wildman–Crippen MR) is 80.2 cm³/mol. The lowest BCUT2D eigenvalue weighted by Crippen LogP contribution is -2.17. The molecule has 1 aromatic rings. The zero-order chi connectivity index (χ0) is 16.0. The number of nitrogens with one attached hydrogen (secondary N) is 1. The van der Waals surface area contributed by atoms with Crippen molar-refractivity contribution in [1.29, 1.82) is 0 Å². The maximum Gasteiger partial charge on any atom is 0.303 e. The minimum absolute atomic E-state index is 0.190. The van der Waals surface area contributed by atoms with Gasteiger partial charge in [-0.1, -0.05) is 13.3 Å². The first kappa shape index (κ1) is 17.0. The third-order valence-electron chi connectivity index (χ3n) is 3.66. The van der Waals surface area contributed by atoms with E-state index in [1.807, 2.05) is 0 Å². The number of aliphatic carboxylic acids is 1. The van der Waals surface area contributed by atoms with Crippen LogP contribution in [0.4, 0.5) is 5.82 Å². The molecule has 0 spiro atoms. The molecule has 1 atom stereocenters. The third kappa shape index (κ3) is 4.77. The molecule has 0 fully saturated rings. The molecule has 0 aliphatic heterocycles. The minimum Gasteiger partial charge on any atom is -0.481 e. The van der Waals surface area contributed by atoms with E-state index in [0.717, 1.165) is 12.8 Å². The highest BCUT2D eigenvalue weighted by atomic mass is 16.4. The van der Waals surface area contributed by atoms with E-state index < -0.39 is 11.9 Å². The number of anilines is 1. The van der Waals surface area contributed by atoms with E-state index in [-0.39, 0.29) is 6.42 Å². The lowest BCUT2D eigenvalue weighted by atomic mass is 9.96. The standard InChI is InChI=1S/C14H24N4O3/c1-4-10(5-6-11(19)20)7-8-16-14-12(13(15)21)9(2)17-18(14)3/h10,16H,4-8H2,1-3H3,(H2,15,21)(H,19,20). The molecule has 118 valence electrons. The Balaban J connectivity index is 2.59. The molecule has 1 heterocycles. The number of carboxylic acid groups (broad SMARTS) is 1. The van der Waals surface area contributed by atoms with E-state index in [0.29, 0.717) is 36.0 Å². The van der Waals surface area contributed by atoms with Crippen molar-refractivity contribution in [3.8, 4) is 0 Å². The minimum atomic E-state index is -0.764. The van der Waals surface area contributed by atoms with Gasteiger partial charge < -0.3 is 16.2 Å². The summed E-state index contributed by atoms with van der Waals surface area (Å²) in [4.78, 5) is 22.1. The Morgan fingerprint density at radius 1 is 1.43 bits per heavy atom. The molecule has 21 heavy (non-hydrogen) atoms. The SMILES string of the molecule is CCC(CCNc1c(C(N)=O)c(C)nn1C)CCC(=O)O. The van der Waals surface area contributed by atoms with Crippen LogP contribution >= 0.6 is 0 Å². The maximum atomic E-state index is 11.5. The summed E-state index contributed by atoms with van der Waals surface area (Å²) in [6.07, 6.45) is 2.63. The van der Waals surface area contributed by atoms with E-state index in [4.69, 9.17) is 10.8 Å². The number of nitrogens with two attached hydrogens (primary N) is 1. The normalized spacial score (nSPS) is 12.1. The van der Waals surface area contributed by atoms with Gasteiger partial charge in [0, 0.05) is 20.0 Å². The summed E-state index contributed by atoms with van der Waals surface area (Å²) in [6, 6.07) is 0. The largest absolute Gasteiger partial charge is 0.481 e. The van der Waals surface area contributed by atoms with Crippen LogP contribution in [-0.4, -0.2) is 33.3 Å². The molecule has 1 aromatic heterocycles. The number of carbonyl (C=O) groups is 2. The Bertz CT molecular complexity index is 511. The summed E-state index contributed by atoms with van der Waals surface area (Å²) in [5.41, 5.74) is 6.39. The Morgan fingerprint density at radius 3 is 2.62 bits per heavy atom. The Labute approximate surface area is 124 Å².